The lowest BCUT2D eigenvalue weighted by molar-refractivity contribution is -0.130. The van der Waals surface area contributed by atoms with Gasteiger partial charge in [0.1, 0.15) is 11.3 Å². The highest BCUT2D eigenvalue weighted by Crippen LogP contribution is 2.36. The number of primary amides is 1. The van der Waals surface area contributed by atoms with Crippen LogP contribution in [0.2, 0.25) is 0 Å². The van der Waals surface area contributed by atoms with Gasteiger partial charge in [-0.3, -0.25) is 9.78 Å². The second kappa shape index (κ2) is 9.78. The van der Waals surface area contributed by atoms with Crippen LogP contribution in [-0.4, -0.2) is 35.7 Å². The van der Waals surface area contributed by atoms with Crippen molar-refractivity contribution in [1.29, 1.82) is 0 Å². The summed E-state index contributed by atoms with van der Waals surface area (Å²) in [5, 5.41) is 3.02. The first-order valence-corrected chi connectivity index (χ1v) is 11.7. The number of fused-ring (bicyclic) bond motifs is 2. The van der Waals surface area contributed by atoms with E-state index in [9.17, 15) is 4.79 Å². The average molecular weight is 474 g/mol. The third-order valence-electron chi connectivity index (χ3n) is 6.11. The van der Waals surface area contributed by atoms with Crippen molar-refractivity contribution in [3.05, 3.63) is 65.6 Å². The summed E-state index contributed by atoms with van der Waals surface area (Å²) >= 11 is 0. The first kappa shape index (κ1) is 24.3. The van der Waals surface area contributed by atoms with Crippen LogP contribution < -0.4 is 19.9 Å². The van der Waals surface area contributed by atoms with Crippen LogP contribution in [0.15, 0.2) is 48.7 Å². The van der Waals surface area contributed by atoms with Crippen molar-refractivity contribution < 1.29 is 19.0 Å². The average Bonchev–Trinajstić information content (AvgIpc) is 2.84. The number of para-hydroxylation sites is 1. The molecule has 2 heterocycles. The van der Waals surface area contributed by atoms with Crippen LogP contribution in [0, 0.1) is 0 Å². The zero-order valence-electron chi connectivity index (χ0n) is 20.8. The Hall–Kier alpha value is -3.87. The van der Waals surface area contributed by atoms with Crippen molar-refractivity contribution >= 4 is 27.6 Å². The molecule has 0 saturated heterocycles. The van der Waals surface area contributed by atoms with E-state index in [1.807, 2.05) is 42.6 Å². The summed E-state index contributed by atoms with van der Waals surface area (Å²) in [6.07, 6.45) is 4.35. The minimum Gasteiger partial charge on any atom is -0.493 e. The van der Waals surface area contributed by atoms with Gasteiger partial charge in [0.15, 0.2) is 17.1 Å². The van der Waals surface area contributed by atoms with E-state index < -0.39 is 11.5 Å². The summed E-state index contributed by atoms with van der Waals surface area (Å²) in [6.45, 7) is 5.44. The lowest BCUT2D eigenvalue weighted by atomic mass is 9.99. The number of aryl methyl sites for hydroxylation is 1. The van der Waals surface area contributed by atoms with Crippen LogP contribution in [0.1, 0.15) is 44.1 Å². The Balaban J connectivity index is 1.80. The lowest BCUT2D eigenvalue weighted by Gasteiger charge is -2.23. The largest absolute Gasteiger partial charge is 0.493 e. The fraction of sp³-hybridized carbons (Fsp3) is 0.321. The van der Waals surface area contributed by atoms with Gasteiger partial charge in [-0.05, 0) is 55.5 Å². The van der Waals surface area contributed by atoms with Crippen molar-refractivity contribution in [3.8, 4) is 17.2 Å². The van der Waals surface area contributed by atoms with Gasteiger partial charge >= 0.3 is 0 Å². The Morgan fingerprint density at radius 2 is 1.71 bits per heavy atom. The highest BCUT2D eigenvalue weighted by atomic mass is 16.5. The molecule has 0 aliphatic heterocycles. The molecule has 182 valence electrons. The Morgan fingerprint density at radius 1 is 1.00 bits per heavy atom. The van der Waals surface area contributed by atoms with Gasteiger partial charge < -0.3 is 19.9 Å². The summed E-state index contributed by atoms with van der Waals surface area (Å²) in [4.78, 5) is 21.5. The van der Waals surface area contributed by atoms with Crippen molar-refractivity contribution in [2.24, 2.45) is 5.73 Å². The van der Waals surface area contributed by atoms with E-state index in [1.165, 1.54) is 0 Å². The summed E-state index contributed by atoms with van der Waals surface area (Å²) in [6, 6.07) is 13.7. The standard InChI is InChI=1S/C28H31N3O4/c1-6-8-22-21-15-25(34-5)24(33-4)14-20(21)18(16-30-22)13-19-12-11-17-9-7-10-23(26(17)31-19)35-28(2,3)27(29)32/h7,9-12,14-16H,6,8,13H2,1-5H3,(H2,29,32). The molecule has 0 atom stereocenters. The molecule has 2 aromatic carbocycles. The van der Waals surface area contributed by atoms with Gasteiger partial charge in [-0.2, -0.15) is 0 Å². The summed E-state index contributed by atoms with van der Waals surface area (Å²) < 4.78 is 17.1. The number of amides is 1. The second-order valence-electron chi connectivity index (χ2n) is 9.02. The van der Waals surface area contributed by atoms with E-state index in [1.54, 1.807) is 34.1 Å². The predicted molar refractivity (Wildman–Crippen MR) is 137 cm³/mol. The molecule has 35 heavy (non-hydrogen) atoms. The molecule has 2 aromatic heterocycles. The monoisotopic (exact) mass is 473 g/mol. The molecule has 0 radical (unpaired) electrons. The molecule has 7 nitrogen and oxygen atoms in total. The normalized spacial score (nSPS) is 11.6. The maximum Gasteiger partial charge on any atom is 0.261 e. The fourth-order valence-electron chi connectivity index (χ4n) is 4.12. The van der Waals surface area contributed by atoms with Crippen LogP contribution in [0.3, 0.4) is 0 Å². The number of hydrogen-bond donors (Lipinski definition) is 1. The smallest absolute Gasteiger partial charge is 0.261 e. The molecule has 0 saturated carbocycles. The van der Waals surface area contributed by atoms with Gasteiger partial charge in [0.2, 0.25) is 0 Å². The number of ether oxygens (including phenoxy) is 3. The molecular weight excluding hydrogens is 442 g/mol. The molecule has 4 rings (SSSR count). The molecule has 0 bridgehead atoms. The number of pyridine rings is 2. The Bertz CT molecular complexity index is 1400. The molecular formula is C28H31N3O4. The van der Waals surface area contributed by atoms with E-state index in [0.717, 1.165) is 46.0 Å². The van der Waals surface area contributed by atoms with Gasteiger partial charge in [0.25, 0.3) is 5.91 Å². The molecule has 0 fully saturated rings. The van der Waals surface area contributed by atoms with Crippen LogP contribution >= 0.6 is 0 Å². The molecule has 0 unspecified atom stereocenters. The molecule has 2 N–H and O–H groups in total. The Morgan fingerprint density at radius 3 is 2.37 bits per heavy atom. The number of aromatic nitrogens is 2. The van der Waals surface area contributed by atoms with Gasteiger partial charge in [0, 0.05) is 34.8 Å². The Kier molecular flexibility index (Phi) is 6.78. The van der Waals surface area contributed by atoms with Crippen molar-refractivity contribution in [2.75, 3.05) is 14.2 Å². The minimum atomic E-state index is -1.16. The highest BCUT2D eigenvalue weighted by Gasteiger charge is 2.28. The Labute approximate surface area is 205 Å². The predicted octanol–water partition coefficient (Wildman–Crippen LogP) is 4.99. The molecule has 0 aliphatic carbocycles. The van der Waals surface area contributed by atoms with E-state index in [0.29, 0.717) is 29.2 Å². The third kappa shape index (κ3) is 4.85. The molecule has 4 aromatic rings. The summed E-state index contributed by atoms with van der Waals surface area (Å²) in [7, 11) is 3.27. The third-order valence-corrected chi connectivity index (χ3v) is 6.11. The minimum absolute atomic E-state index is 0.515. The topological polar surface area (TPSA) is 96.6 Å². The van der Waals surface area contributed by atoms with Crippen molar-refractivity contribution in [1.82, 2.24) is 9.97 Å². The molecule has 0 aliphatic rings. The van der Waals surface area contributed by atoms with Gasteiger partial charge in [-0.25, -0.2) is 4.98 Å². The maximum absolute atomic E-state index is 11.8. The number of nitrogens with zero attached hydrogens (tertiary/aromatic N) is 2. The zero-order valence-corrected chi connectivity index (χ0v) is 20.8. The number of carbonyl (C=O) groups is 1. The van der Waals surface area contributed by atoms with E-state index in [-0.39, 0.29) is 0 Å². The first-order valence-electron chi connectivity index (χ1n) is 11.7. The SMILES string of the molecule is CCCc1ncc(Cc2ccc3cccc(OC(C)(C)C(N)=O)c3n2)c2cc(OC)c(OC)cc12. The van der Waals surface area contributed by atoms with Crippen LogP contribution in [-0.2, 0) is 17.6 Å². The number of rotatable bonds is 9. The van der Waals surface area contributed by atoms with E-state index >= 15 is 0 Å². The van der Waals surface area contributed by atoms with Crippen LogP contribution in [0.25, 0.3) is 21.7 Å². The van der Waals surface area contributed by atoms with Gasteiger partial charge in [-0.15, -0.1) is 0 Å². The maximum atomic E-state index is 11.8. The summed E-state index contributed by atoms with van der Waals surface area (Å²) in [5.41, 5.74) is 7.95. The number of methoxy groups -OCH3 is 2. The zero-order chi connectivity index (χ0) is 25.2. The summed E-state index contributed by atoms with van der Waals surface area (Å²) in [5.74, 6) is 1.32. The molecule has 1 amide bonds. The first-order chi connectivity index (χ1) is 16.8. The van der Waals surface area contributed by atoms with Crippen molar-refractivity contribution in [3.63, 3.8) is 0 Å². The van der Waals surface area contributed by atoms with E-state index in [4.69, 9.17) is 29.9 Å². The fourth-order valence-corrected chi connectivity index (χ4v) is 4.12. The highest BCUT2D eigenvalue weighted by molar-refractivity contribution is 5.91. The van der Waals surface area contributed by atoms with Crippen LogP contribution in [0.5, 0.6) is 17.2 Å². The quantitative estimate of drug-likeness (QED) is 0.368. The lowest BCUT2D eigenvalue weighted by Crippen LogP contribution is -2.43. The molecule has 7 heteroatoms. The number of hydrogen-bond acceptors (Lipinski definition) is 6. The van der Waals surface area contributed by atoms with Gasteiger partial charge in [-0.1, -0.05) is 31.5 Å². The number of carbonyl (C=O) groups excluding carboxylic acids is 1. The number of benzene rings is 2. The van der Waals surface area contributed by atoms with Gasteiger partial charge in [0.05, 0.1) is 14.2 Å². The molecule has 0 spiro atoms. The van der Waals surface area contributed by atoms with Crippen LogP contribution in [0.4, 0.5) is 0 Å². The van der Waals surface area contributed by atoms with Crippen molar-refractivity contribution in [2.45, 2.75) is 45.6 Å². The van der Waals surface area contributed by atoms with E-state index in [2.05, 4.69) is 6.92 Å². The number of nitrogens with two attached hydrogens (primary N) is 1. The second-order valence-corrected chi connectivity index (χ2v) is 9.02.